The van der Waals surface area contributed by atoms with Crippen LogP contribution >= 0.6 is 0 Å². The minimum absolute atomic E-state index is 0.0465. The molecular weight excluding hydrogens is 154 g/mol. The van der Waals surface area contributed by atoms with Crippen molar-refractivity contribution in [1.29, 1.82) is 0 Å². The van der Waals surface area contributed by atoms with Gasteiger partial charge in [0.1, 0.15) is 0 Å². The zero-order valence-corrected chi connectivity index (χ0v) is 7.59. The van der Waals surface area contributed by atoms with E-state index in [0.29, 0.717) is 13.2 Å². The molecule has 0 saturated heterocycles. The zero-order valence-electron chi connectivity index (χ0n) is 7.59. The van der Waals surface area contributed by atoms with Gasteiger partial charge >= 0.3 is 0 Å². The van der Waals surface area contributed by atoms with Crippen LogP contribution in [0.25, 0.3) is 0 Å². The van der Waals surface area contributed by atoms with E-state index < -0.39 is 0 Å². The molecule has 0 radical (unpaired) electrons. The van der Waals surface area contributed by atoms with Gasteiger partial charge in [-0.25, -0.2) is 0 Å². The maximum Gasteiger partial charge on any atom is 0.0804 e. The van der Waals surface area contributed by atoms with Gasteiger partial charge in [-0.3, -0.25) is 0 Å². The second-order valence-electron chi connectivity index (χ2n) is 3.52. The first-order valence-electron chi connectivity index (χ1n) is 4.78. The molecule has 0 heterocycles. The van der Waals surface area contributed by atoms with E-state index in [4.69, 9.17) is 15.6 Å². The highest BCUT2D eigenvalue weighted by molar-refractivity contribution is 4.87. The molecule has 3 nitrogen and oxygen atoms in total. The van der Waals surface area contributed by atoms with Crippen molar-refractivity contribution in [2.45, 2.75) is 37.7 Å². The number of hydrogen-bond donors (Lipinski definition) is 2. The normalized spacial score (nSPS) is 21.5. The van der Waals surface area contributed by atoms with Gasteiger partial charge < -0.3 is 15.6 Å². The molecule has 0 unspecified atom stereocenters. The lowest BCUT2D eigenvalue weighted by Gasteiger charge is -2.27. The Hall–Kier alpha value is -0.120. The Balaban J connectivity index is 2.24. The van der Waals surface area contributed by atoms with Crippen LogP contribution in [0.15, 0.2) is 0 Å². The van der Waals surface area contributed by atoms with Crippen LogP contribution in [-0.2, 0) is 4.74 Å². The summed E-state index contributed by atoms with van der Waals surface area (Å²) in [5.74, 6) is 0. The van der Waals surface area contributed by atoms with Gasteiger partial charge in [0.05, 0.1) is 5.60 Å². The molecule has 12 heavy (non-hydrogen) atoms. The van der Waals surface area contributed by atoms with Gasteiger partial charge in [0.25, 0.3) is 0 Å². The minimum atomic E-state index is -0.0465. The molecule has 0 spiro atoms. The molecule has 0 aromatic heterocycles. The summed E-state index contributed by atoms with van der Waals surface area (Å²) >= 11 is 0. The van der Waals surface area contributed by atoms with Crippen LogP contribution < -0.4 is 5.73 Å². The van der Waals surface area contributed by atoms with Crippen molar-refractivity contribution >= 4 is 0 Å². The van der Waals surface area contributed by atoms with E-state index in [1.54, 1.807) is 0 Å². The maximum absolute atomic E-state index is 8.59. The Bertz CT molecular complexity index is 122. The van der Waals surface area contributed by atoms with Crippen LogP contribution in [0.5, 0.6) is 0 Å². The summed E-state index contributed by atoms with van der Waals surface area (Å²) in [6, 6.07) is 0. The molecule has 3 heteroatoms. The fraction of sp³-hybridized carbons (Fsp3) is 1.00. The van der Waals surface area contributed by atoms with Crippen LogP contribution in [0.2, 0.25) is 0 Å². The van der Waals surface area contributed by atoms with Gasteiger partial charge in [0.15, 0.2) is 0 Å². The van der Waals surface area contributed by atoms with E-state index >= 15 is 0 Å². The van der Waals surface area contributed by atoms with Crippen molar-refractivity contribution in [3.63, 3.8) is 0 Å². The topological polar surface area (TPSA) is 55.5 Å². The molecule has 3 N–H and O–H groups in total. The highest BCUT2D eigenvalue weighted by Crippen LogP contribution is 2.32. The predicted molar refractivity (Wildman–Crippen MR) is 47.9 cm³/mol. The molecule has 1 saturated carbocycles. The number of nitrogens with two attached hydrogens (primary N) is 1. The van der Waals surface area contributed by atoms with Crippen LogP contribution in [-0.4, -0.2) is 30.5 Å². The second-order valence-corrected chi connectivity index (χ2v) is 3.52. The third-order valence-corrected chi connectivity index (χ3v) is 2.60. The molecule has 1 aliphatic rings. The molecular formula is C9H19NO2. The molecule has 72 valence electrons. The lowest BCUT2D eigenvalue weighted by Crippen LogP contribution is -2.38. The van der Waals surface area contributed by atoms with E-state index in [1.165, 1.54) is 12.8 Å². The fourth-order valence-electron chi connectivity index (χ4n) is 1.78. The summed E-state index contributed by atoms with van der Waals surface area (Å²) in [5, 5.41) is 8.59. The lowest BCUT2D eigenvalue weighted by molar-refractivity contribution is -0.0380. The molecule has 1 fully saturated rings. The number of hydrogen-bond acceptors (Lipinski definition) is 3. The Morgan fingerprint density at radius 3 is 2.50 bits per heavy atom. The van der Waals surface area contributed by atoms with Crippen LogP contribution in [0, 0.1) is 0 Å². The standard InChI is InChI=1S/C9H19NO2/c10-8-9(4-1-2-5-9)12-7-3-6-11/h11H,1-8,10H2. The number of ether oxygens (including phenoxy) is 1. The van der Waals surface area contributed by atoms with Gasteiger partial charge in [0, 0.05) is 19.8 Å². The summed E-state index contributed by atoms with van der Waals surface area (Å²) < 4.78 is 5.70. The van der Waals surface area contributed by atoms with E-state index in [9.17, 15) is 0 Å². The van der Waals surface area contributed by atoms with E-state index in [2.05, 4.69) is 0 Å². The monoisotopic (exact) mass is 173 g/mol. The Morgan fingerprint density at radius 2 is 2.00 bits per heavy atom. The smallest absolute Gasteiger partial charge is 0.0804 e. The Morgan fingerprint density at radius 1 is 1.33 bits per heavy atom. The predicted octanol–water partition coefficient (Wildman–Crippen LogP) is 0.657. The molecule has 0 aliphatic heterocycles. The SMILES string of the molecule is NCC1(OCCCO)CCCC1. The van der Waals surface area contributed by atoms with Gasteiger partial charge in [0.2, 0.25) is 0 Å². The third kappa shape index (κ3) is 2.44. The highest BCUT2D eigenvalue weighted by atomic mass is 16.5. The molecule has 0 aromatic carbocycles. The van der Waals surface area contributed by atoms with Crippen LogP contribution in [0.1, 0.15) is 32.1 Å². The number of aliphatic hydroxyl groups is 1. The van der Waals surface area contributed by atoms with Gasteiger partial charge in [-0.15, -0.1) is 0 Å². The van der Waals surface area contributed by atoms with Crippen molar-refractivity contribution in [3.05, 3.63) is 0 Å². The summed E-state index contributed by atoms with van der Waals surface area (Å²) in [6.07, 6.45) is 5.37. The number of rotatable bonds is 5. The summed E-state index contributed by atoms with van der Waals surface area (Å²) in [5.41, 5.74) is 5.62. The van der Waals surface area contributed by atoms with Crippen LogP contribution in [0.4, 0.5) is 0 Å². The maximum atomic E-state index is 8.59. The molecule has 1 aliphatic carbocycles. The largest absolute Gasteiger partial charge is 0.396 e. The van der Waals surface area contributed by atoms with Gasteiger partial charge in [-0.2, -0.15) is 0 Å². The summed E-state index contributed by atoms with van der Waals surface area (Å²) in [6.45, 7) is 1.48. The first kappa shape index (κ1) is 9.96. The second kappa shape index (κ2) is 4.80. The molecule has 0 bridgehead atoms. The van der Waals surface area contributed by atoms with Gasteiger partial charge in [-0.05, 0) is 19.3 Å². The zero-order chi connectivity index (χ0) is 8.86. The van der Waals surface area contributed by atoms with Gasteiger partial charge in [-0.1, -0.05) is 12.8 Å². The highest BCUT2D eigenvalue weighted by Gasteiger charge is 2.32. The molecule has 0 atom stereocenters. The van der Waals surface area contributed by atoms with Crippen molar-refractivity contribution < 1.29 is 9.84 Å². The van der Waals surface area contributed by atoms with Crippen molar-refractivity contribution in [2.75, 3.05) is 19.8 Å². The van der Waals surface area contributed by atoms with Crippen molar-refractivity contribution in [3.8, 4) is 0 Å². The first-order valence-corrected chi connectivity index (χ1v) is 4.78. The van der Waals surface area contributed by atoms with E-state index in [0.717, 1.165) is 19.3 Å². The lowest BCUT2D eigenvalue weighted by atomic mass is 10.0. The number of aliphatic hydroxyl groups excluding tert-OH is 1. The van der Waals surface area contributed by atoms with E-state index in [-0.39, 0.29) is 12.2 Å². The quantitative estimate of drug-likeness (QED) is 0.600. The molecule has 0 amide bonds. The first-order chi connectivity index (χ1) is 5.83. The molecule has 0 aromatic rings. The summed E-state index contributed by atoms with van der Waals surface area (Å²) in [4.78, 5) is 0. The van der Waals surface area contributed by atoms with Crippen molar-refractivity contribution in [1.82, 2.24) is 0 Å². The summed E-state index contributed by atoms with van der Waals surface area (Å²) in [7, 11) is 0. The van der Waals surface area contributed by atoms with Crippen molar-refractivity contribution in [2.24, 2.45) is 5.73 Å². The van der Waals surface area contributed by atoms with Crippen LogP contribution in [0.3, 0.4) is 0 Å². The average Bonchev–Trinajstić information content (AvgIpc) is 2.55. The minimum Gasteiger partial charge on any atom is -0.396 e. The van der Waals surface area contributed by atoms with E-state index in [1.807, 2.05) is 0 Å². The third-order valence-electron chi connectivity index (χ3n) is 2.60. The average molecular weight is 173 g/mol. The Kier molecular flexibility index (Phi) is 3.98. The fourth-order valence-corrected chi connectivity index (χ4v) is 1.78. The molecule has 1 rings (SSSR count). The Labute approximate surface area is 73.9 Å².